The Bertz CT molecular complexity index is 2050. The molecule has 8 rings (SSSR count). The SMILES string of the molecule is C[C@H]1[C@H]([Si](C)(C)O)[C@@H](CC(=O)N2Cc3ccccc3C[C@H]2CO)O[C@]12C(=O)N(Cc1ccc(N3C(=O)COc4ccccc43)cc1)c1ccccc12. The summed E-state index contributed by atoms with van der Waals surface area (Å²) in [5.74, 6) is -0.326. The number of rotatable bonds is 7. The first-order chi connectivity index (χ1) is 25.0. The van der Waals surface area contributed by atoms with Crippen molar-refractivity contribution in [2.24, 2.45) is 5.92 Å². The Balaban J connectivity index is 1.08. The van der Waals surface area contributed by atoms with Gasteiger partial charge in [0.1, 0.15) is 5.75 Å². The molecule has 1 spiro atoms. The average molecular weight is 718 g/mol. The maximum atomic E-state index is 14.9. The standard InChI is InChI=1S/C41H43N3O7Si/c1-26-39(52(2,3)49)36(21-37(46)42-23-29-11-5-4-10-28(29)20-31(42)24-45)51-41(26)32-12-6-7-13-33(32)43(40(41)48)22-27-16-18-30(19-17-27)44-34-14-8-9-15-35(34)50-25-38(44)47/h4-19,26,31,36,39,45,49H,20-25H2,1-3H3/t26-,31-,36+,39-,41+/m0/s1. The largest absolute Gasteiger partial charge is 0.482 e. The van der Waals surface area contributed by atoms with Crippen LogP contribution in [0.3, 0.4) is 0 Å². The van der Waals surface area contributed by atoms with Gasteiger partial charge in [0.2, 0.25) is 5.91 Å². The molecule has 4 heterocycles. The van der Waals surface area contributed by atoms with Gasteiger partial charge in [0, 0.05) is 29.3 Å². The van der Waals surface area contributed by atoms with E-state index in [0.29, 0.717) is 30.1 Å². The number of benzene rings is 4. The second-order valence-electron chi connectivity index (χ2n) is 15.0. The number of carbonyl (C=O) groups is 3. The molecule has 1 fully saturated rings. The van der Waals surface area contributed by atoms with Gasteiger partial charge in [-0.3, -0.25) is 19.3 Å². The Hall–Kier alpha value is -4.81. The van der Waals surface area contributed by atoms with Gasteiger partial charge in [-0.2, -0.15) is 0 Å². The normalized spacial score (nSPS) is 25.2. The number of aliphatic hydroxyl groups excluding tert-OH is 1. The van der Waals surface area contributed by atoms with Crippen LogP contribution in [0.5, 0.6) is 5.75 Å². The van der Waals surface area contributed by atoms with Crippen LogP contribution in [0.25, 0.3) is 0 Å². The minimum Gasteiger partial charge on any atom is -0.482 e. The van der Waals surface area contributed by atoms with E-state index in [-0.39, 0.29) is 49.9 Å². The van der Waals surface area contributed by atoms with E-state index in [2.05, 4.69) is 0 Å². The number of nitrogens with zero attached hydrogens (tertiary/aromatic N) is 3. The number of amides is 3. The Morgan fingerprint density at radius 2 is 1.58 bits per heavy atom. The monoisotopic (exact) mass is 717 g/mol. The Morgan fingerprint density at radius 3 is 2.31 bits per heavy atom. The van der Waals surface area contributed by atoms with Gasteiger partial charge >= 0.3 is 0 Å². The summed E-state index contributed by atoms with van der Waals surface area (Å²) in [5.41, 5.74) is 4.10. The predicted octanol–water partition coefficient (Wildman–Crippen LogP) is 5.42. The van der Waals surface area contributed by atoms with Crippen LogP contribution in [0.1, 0.15) is 35.6 Å². The van der Waals surface area contributed by atoms with E-state index in [0.717, 1.165) is 27.9 Å². The van der Waals surface area contributed by atoms with Crippen LogP contribution in [0.4, 0.5) is 17.1 Å². The minimum absolute atomic E-state index is 0.00723. The summed E-state index contributed by atoms with van der Waals surface area (Å²) in [6.45, 7) is 6.12. The molecule has 1 saturated heterocycles. The van der Waals surface area contributed by atoms with Gasteiger partial charge in [0.25, 0.3) is 11.8 Å². The lowest BCUT2D eigenvalue weighted by Crippen LogP contribution is -2.48. The van der Waals surface area contributed by atoms with E-state index in [1.54, 1.807) is 14.7 Å². The van der Waals surface area contributed by atoms with Crippen molar-refractivity contribution in [2.75, 3.05) is 23.0 Å². The first-order valence-electron chi connectivity index (χ1n) is 17.9. The molecule has 4 aliphatic heterocycles. The molecule has 2 N–H and O–H groups in total. The molecule has 5 atom stereocenters. The highest BCUT2D eigenvalue weighted by molar-refractivity contribution is 6.71. The van der Waals surface area contributed by atoms with E-state index < -0.39 is 31.5 Å². The van der Waals surface area contributed by atoms with Crippen molar-refractivity contribution in [3.05, 3.63) is 119 Å². The fourth-order valence-corrected chi connectivity index (χ4v) is 11.6. The molecule has 52 heavy (non-hydrogen) atoms. The third kappa shape index (κ3) is 5.54. The molecule has 268 valence electrons. The van der Waals surface area contributed by atoms with Crippen LogP contribution in [-0.4, -0.2) is 66.2 Å². The molecule has 4 aromatic carbocycles. The minimum atomic E-state index is -3.00. The lowest BCUT2D eigenvalue weighted by atomic mass is 9.82. The van der Waals surface area contributed by atoms with Gasteiger partial charge in [-0.1, -0.05) is 73.7 Å². The number of hydrogen-bond donors (Lipinski definition) is 2. The molecule has 11 heteroatoms. The third-order valence-corrected chi connectivity index (χ3v) is 13.9. The first kappa shape index (κ1) is 34.3. The zero-order valence-corrected chi connectivity index (χ0v) is 30.6. The molecule has 0 aliphatic carbocycles. The molecule has 10 nitrogen and oxygen atoms in total. The van der Waals surface area contributed by atoms with Crippen LogP contribution >= 0.6 is 0 Å². The number of ether oxygens (including phenoxy) is 2. The summed E-state index contributed by atoms with van der Waals surface area (Å²) in [6, 6.07) is 30.3. The molecule has 4 aromatic rings. The van der Waals surface area contributed by atoms with E-state index in [9.17, 15) is 24.3 Å². The highest BCUT2D eigenvalue weighted by Crippen LogP contribution is 2.60. The van der Waals surface area contributed by atoms with E-state index >= 15 is 0 Å². The highest BCUT2D eigenvalue weighted by atomic mass is 28.4. The summed E-state index contributed by atoms with van der Waals surface area (Å²) >= 11 is 0. The van der Waals surface area contributed by atoms with E-state index in [1.807, 2.05) is 117 Å². The molecular formula is C41H43N3O7Si. The molecular weight excluding hydrogens is 675 g/mol. The summed E-state index contributed by atoms with van der Waals surface area (Å²) < 4.78 is 12.5. The van der Waals surface area contributed by atoms with Crippen molar-refractivity contribution in [3.63, 3.8) is 0 Å². The number of anilines is 3. The van der Waals surface area contributed by atoms with Gasteiger partial charge in [0.05, 0.1) is 43.1 Å². The van der Waals surface area contributed by atoms with Gasteiger partial charge in [-0.05, 0) is 66.5 Å². The van der Waals surface area contributed by atoms with Crippen LogP contribution in [0.15, 0.2) is 97.1 Å². The summed E-state index contributed by atoms with van der Waals surface area (Å²) in [4.78, 5) is 58.8. The second-order valence-corrected chi connectivity index (χ2v) is 18.9. The topological polar surface area (TPSA) is 120 Å². The number of hydrogen-bond acceptors (Lipinski definition) is 7. The maximum Gasteiger partial charge on any atom is 0.269 e. The first-order valence-corrected chi connectivity index (χ1v) is 21.0. The molecule has 4 aliphatic rings. The second kappa shape index (κ2) is 13.0. The lowest BCUT2D eigenvalue weighted by Gasteiger charge is -2.37. The number of fused-ring (bicyclic) bond motifs is 4. The number of aliphatic hydroxyl groups is 1. The Labute approximate surface area is 304 Å². The van der Waals surface area contributed by atoms with Crippen LogP contribution in [-0.2, 0) is 44.2 Å². The van der Waals surface area contributed by atoms with Crippen LogP contribution in [0.2, 0.25) is 18.6 Å². The lowest BCUT2D eigenvalue weighted by molar-refractivity contribution is -0.151. The van der Waals surface area contributed by atoms with Crippen molar-refractivity contribution in [3.8, 4) is 5.75 Å². The molecule has 0 radical (unpaired) electrons. The van der Waals surface area contributed by atoms with E-state index in [4.69, 9.17) is 9.47 Å². The van der Waals surface area contributed by atoms with Crippen molar-refractivity contribution < 1.29 is 33.8 Å². The quantitative estimate of drug-likeness (QED) is 0.245. The molecule has 0 aromatic heterocycles. The third-order valence-electron chi connectivity index (χ3n) is 11.4. The average Bonchev–Trinajstić information content (AvgIpc) is 3.57. The molecule has 0 saturated carbocycles. The molecule has 0 bridgehead atoms. The summed E-state index contributed by atoms with van der Waals surface area (Å²) in [7, 11) is -3.00. The fourth-order valence-electron chi connectivity index (χ4n) is 9.04. The predicted molar refractivity (Wildman–Crippen MR) is 199 cm³/mol. The highest BCUT2D eigenvalue weighted by Gasteiger charge is 2.66. The number of para-hydroxylation sites is 3. The van der Waals surface area contributed by atoms with Gasteiger partial charge in [-0.15, -0.1) is 0 Å². The Morgan fingerprint density at radius 1 is 0.904 bits per heavy atom. The van der Waals surface area contributed by atoms with Gasteiger partial charge in [0.15, 0.2) is 20.5 Å². The number of carbonyl (C=O) groups excluding carboxylic acids is 3. The fraction of sp³-hybridized carbons (Fsp3) is 0.341. The van der Waals surface area contributed by atoms with Crippen molar-refractivity contribution in [1.82, 2.24) is 4.90 Å². The van der Waals surface area contributed by atoms with Crippen molar-refractivity contribution >= 4 is 43.1 Å². The van der Waals surface area contributed by atoms with Gasteiger partial charge < -0.3 is 29.2 Å². The van der Waals surface area contributed by atoms with Crippen LogP contribution in [0, 0.1) is 5.92 Å². The smallest absolute Gasteiger partial charge is 0.269 e. The zero-order valence-electron chi connectivity index (χ0n) is 29.6. The van der Waals surface area contributed by atoms with Crippen LogP contribution < -0.4 is 14.5 Å². The Kier molecular flexibility index (Phi) is 8.57. The zero-order chi connectivity index (χ0) is 36.4. The maximum absolute atomic E-state index is 14.9. The summed E-state index contributed by atoms with van der Waals surface area (Å²) in [5, 5.41) is 10.3. The van der Waals surface area contributed by atoms with Gasteiger partial charge in [-0.25, -0.2) is 0 Å². The molecule has 0 unspecified atom stereocenters. The van der Waals surface area contributed by atoms with Crippen molar-refractivity contribution in [1.29, 1.82) is 0 Å². The van der Waals surface area contributed by atoms with E-state index in [1.165, 1.54) is 0 Å². The molecule has 3 amide bonds. The van der Waals surface area contributed by atoms with Crippen molar-refractivity contribution in [2.45, 2.75) is 69.2 Å². The summed E-state index contributed by atoms with van der Waals surface area (Å²) in [6.07, 6.45) is -0.144.